The van der Waals surface area contributed by atoms with Crippen molar-refractivity contribution in [3.8, 4) is 45.5 Å². The van der Waals surface area contributed by atoms with Gasteiger partial charge in [0.1, 0.15) is 17.6 Å². The number of nitriles is 1. The standard InChI is InChI=1S/C30H24FN5O/c31-25-17-22(37)13-14-23(25)29-24(18-32)26(19-9-11-21(12-10-19)36-15-5-2-6-16-36)27-28(34-35-30(27)33-29)20-7-3-1-4-8-20/h1,3-4,7-14,17,37H,2,5-6,15-16H2,(H,33,34,35). The van der Waals surface area contributed by atoms with Crippen molar-refractivity contribution in [3.63, 3.8) is 0 Å². The number of H-pyrrole nitrogens is 1. The van der Waals surface area contributed by atoms with Crippen LogP contribution in [0.4, 0.5) is 10.1 Å². The maximum atomic E-state index is 15.0. The molecule has 6 nitrogen and oxygen atoms in total. The lowest BCUT2D eigenvalue weighted by atomic mass is 9.91. The molecule has 1 aliphatic heterocycles. The van der Waals surface area contributed by atoms with Crippen molar-refractivity contribution < 1.29 is 9.50 Å². The van der Waals surface area contributed by atoms with Crippen LogP contribution in [-0.2, 0) is 0 Å². The Hall–Kier alpha value is -4.70. The van der Waals surface area contributed by atoms with Crippen molar-refractivity contribution in [2.24, 2.45) is 0 Å². The van der Waals surface area contributed by atoms with Gasteiger partial charge >= 0.3 is 0 Å². The number of phenols is 1. The first kappa shape index (κ1) is 22.7. The number of aromatic hydroxyl groups is 1. The van der Waals surface area contributed by atoms with E-state index in [1.807, 2.05) is 42.5 Å². The molecule has 5 aromatic rings. The second-order valence-corrected chi connectivity index (χ2v) is 9.24. The number of aromatic nitrogens is 3. The number of nitrogens with one attached hydrogen (secondary N) is 1. The number of phenolic OH excluding ortho intramolecular Hbond substituents is 1. The van der Waals surface area contributed by atoms with Crippen molar-refractivity contribution in [1.29, 1.82) is 5.26 Å². The van der Waals surface area contributed by atoms with Gasteiger partial charge in [0.15, 0.2) is 5.65 Å². The molecule has 0 saturated carbocycles. The summed E-state index contributed by atoms with van der Waals surface area (Å²) in [5.41, 5.74) is 5.22. The van der Waals surface area contributed by atoms with Gasteiger partial charge in [-0.25, -0.2) is 9.37 Å². The minimum Gasteiger partial charge on any atom is -0.508 e. The smallest absolute Gasteiger partial charge is 0.182 e. The molecule has 0 bridgehead atoms. The predicted octanol–water partition coefficient (Wildman–Crippen LogP) is 6.67. The number of aromatic amines is 1. The Morgan fingerprint density at radius 2 is 1.68 bits per heavy atom. The Morgan fingerprint density at radius 1 is 0.919 bits per heavy atom. The molecule has 1 fully saturated rings. The third-order valence-corrected chi connectivity index (χ3v) is 6.96. The molecule has 3 heterocycles. The fourth-order valence-corrected chi connectivity index (χ4v) is 5.15. The summed E-state index contributed by atoms with van der Waals surface area (Å²) in [6, 6.07) is 24.1. The molecule has 0 atom stereocenters. The lowest BCUT2D eigenvalue weighted by Crippen LogP contribution is -2.29. The molecule has 0 radical (unpaired) electrons. The first-order chi connectivity index (χ1) is 18.1. The van der Waals surface area contributed by atoms with Crippen LogP contribution in [0.5, 0.6) is 5.75 Å². The second-order valence-electron chi connectivity index (χ2n) is 9.24. The van der Waals surface area contributed by atoms with Crippen LogP contribution in [0.25, 0.3) is 44.7 Å². The number of nitrogens with zero attached hydrogens (tertiary/aromatic N) is 4. The van der Waals surface area contributed by atoms with Crippen molar-refractivity contribution in [2.45, 2.75) is 19.3 Å². The van der Waals surface area contributed by atoms with E-state index in [4.69, 9.17) is 0 Å². The van der Waals surface area contributed by atoms with Gasteiger partial charge in [0.2, 0.25) is 0 Å². The molecule has 1 saturated heterocycles. The molecule has 0 unspecified atom stereocenters. The summed E-state index contributed by atoms with van der Waals surface area (Å²) in [5, 5.41) is 28.4. The molecule has 182 valence electrons. The number of pyridine rings is 1. The summed E-state index contributed by atoms with van der Waals surface area (Å²) in [5.74, 6) is -0.853. The van der Waals surface area contributed by atoms with E-state index >= 15 is 0 Å². The average Bonchev–Trinajstić information content (AvgIpc) is 3.37. The second kappa shape index (κ2) is 9.40. The predicted molar refractivity (Wildman–Crippen MR) is 143 cm³/mol. The van der Waals surface area contributed by atoms with E-state index in [1.165, 1.54) is 31.4 Å². The Kier molecular flexibility index (Phi) is 5.78. The van der Waals surface area contributed by atoms with E-state index in [1.54, 1.807) is 0 Å². The lowest BCUT2D eigenvalue weighted by Gasteiger charge is -2.29. The van der Waals surface area contributed by atoms with Gasteiger partial charge in [0.05, 0.1) is 22.3 Å². The molecule has 37 heavy (non-hydrogen) atoms. The highest BCUT2D eigenvalue weighted by Crippen LogP contribution is 2.41. The topological polar surface area (TPSA) is 88.8 Å². The molecule has 0 aliphatic carbocycles. The highest BCUT2D eigenvalue weighted by molar-refractivity contribution is 6.06. The fourth-order valence-electron chi connectivity index (χ4n) is 5.15. The van der Waals surface area contributed by atoms with Gasteiger partial charge in [-0.05, 0) is 49.1 Å². The highest BCUT2D eigenvalue weighted by Gasteiger charge is 2.24. The Morgan fingerprint density at radius 3 is 2.38 bits per heavy atom. The van der Waals surface area contributed by atoms with Crippen LogP contribution in [0.15, 0.2) is 72.8 Å². The minimum atomic E-state index is -0.659. The molecule has 0 spiro atoms. The van der Waals surface area contributed by atoms with E-state index in [-0.39, 0.29) is 22.6 Å². The molecular weight excluding hydrogens is 465 g/mol. The van der Waals surface area contributed by atoms with Crippen LogP contribution in [0.2, 0.25) is 0 Å². The summed E-state index contributed by atoms with van der Waals surface area (Å²) in [6.45, 7) is 2.07. The zero-order valence-electron chi connectivity index (χ0n) is 20.1. The SMILES string of the molecule is N#Cc1c(-c2ccc(O)cc2F)nc2n[nH]c(-c3ccccc3)c2c1-c1ccc(N2CCCCC2)cc1. The molecule has 2 N–H and O–H groups in total. The molecular formula is C30H24FN5O. The van der Waals surface area contributed by atoms with Crippen LogP contribution in [0.3, 0.4) is 0 Å². The van der Waals surface area contributed by atoms with Crippen LogP contribution >= 0.6 is 0 Å². The zero-order chi connectivity index (χ0) is 25.4. The Balaban J connectivity index is 1.61. The maximum absolute atomic E-state index is 15.0. The summed E-state index contributed by atoms with van der Waals surface area (Å²) in [6.07, 6.45) is 3.62. The zero-order valence-corrected chi connectivity index (χ0v) is 20.1. The van der Waals surface area contributed by atoms with Gasteiger partial charge in [0.25, 0.3) is 0 Å². The lowest BCUT2D eigenvalue weighted by molar-refractivity contribution is 0.469. The van der Waals surface area contributed by atoms with Crippen molar-refractivity contribution in [3.05, 3.63) is 84.2 Å². The number of piperidine rings is 1. The summed E-state index contributed by atoms with van der Waals surface area (Å²) in [4.78, 5) is 7.02. The number of halogens is 1. The normalized spacial score (nSPS) is 13.6. The number of anilines is 1. The highest BCUT2D eigenvalue weighted by atomic mass is 19.1. The van der Waals surface area contributed by atoms with Gasteiger partial charge in [-0.3, -0.25) is 5.10 Å². The molecule has 7 heteroatoms. The Bertz CT molecular complexity index is 1630. The van der Waals surface area contributed by atoms with E-state index in [0.717, 1.165) is 41.7 Å². The largest absolute Gasteiger partial charge is 0.508 e. The molecule has 6 rings (SSSR count). The number of fused-ring (bicyclic) bond motifs is 1. The van der Waals surface area contributed by atoms with E-state index in [2.05, 4.69) is 38.3 Å². The minimum absolute atomic E-state index is 0.131. The molecule has 3 aromatic carbocycles. The first-order valence-electron chi connectivity index (χ1n) is 12.4. The Labute approximate surface area is 213 Å². The van der Waals surface area contributed by atoms with Gasteiger partial charge in [0, 0.05) is 41.5 Å². The van der Waals surface area contributed by atoms with Gasteiger partial charge < -0.3 is 10.0 Å². The van der Waals surface area contributed by atoms with E-state index in [9.17, 15) is 14.8 Å². The van der Waals surface area contributed by atoms with Crippen molar-refractivity contribution in [1.82, 2.24) is 15.2 Å². The van der Waals surface area contributed by atoms with E-state index in [0.29, 0.717) is 16.6 Å². The van der Waals surface area contributed by atoms with E-state index < -0.39 is 5.82 Å². The van der Waals surface area contributed by atoms with Crippen molar-refractivity contribution >= 4 is 16.7 Å². The monoisotopic (exact) mass is 489 g/mol. The summed E-state index contributed by atoms with van der Waals surface area (Å²) >= 11 is 0. The average molecular weight is 490 g/mol. The number of hydrogen-bond acceptors (Lipinski definition) is 5. The van der Waals surface area contributed by atoms with Crippen LogP contribution in [0, 0.1) is 17.1 Å². The first-order valence-corrected chi connectivity index (χ1v) is 12.4. The number of rotatable bonds is 4. The summed E-state index contributed by atoms with van der Waals surface area (Å²) in [7, 11) is 0. The quantitative estimate of drug-likeness (QED) is 0.294. The third kappa shape index (κ3) is 4.07. The van der Waals surface area contributed by atoms with Crippen molar-refractivity contribution in [2.75, 3.05) is 18.0 Å². The van der Waals surface area contributed by atoms with Crippen LogP contribution < -0.4 is 4.90 Å². The van der Waals surface area contributed by atoms with Crippen LogP contribution in [0.1, 0.15) is 24.8 Å². The molecule has 2 aromatic heterocycles. The van der Waals surface area contributed by atoms with Gasteiger partial charge in [-0.2, -0.15) is 10.4 Å². The van der Waals surface area contributed by atoms with Crippen LogP contribution in [-0.4, -0.2) is 33.4 Å². The number of hydrogen-bond donors (Lipinski definition) is 2. The fraction of sp³-hybridized carbons (Fsp3) is 0.167. The molecule has 0 amide bonds. The van der Waals surface area contributed by atoms with Gasteiger partial charge in [-0.1, -0.05) is 42.5 Å². The summed E-state index contributed by atoms with van der Waals surface area (Å²) < 4.78 is 15.0. The van der Waals surface area contributed by atoms with Gasteiger partial charge in [-0.15, -0.1) is 0 Å². The number of benzene rings is 3. The molecule has 1 aliphatic rings. The maximum Gasteiger partial charge on any atom is 0.182 e. The third-order valence-electron chi connectivity index (χ3n) is 6.96.